The summed E-state index contributed by atoms with van der Waals surface area (Å²) in [6, 6.07) is 6.05. The molecule has 1 aromatic carbocycles. The van der Waals surface area contributed by atoms with Crippen molar-refractivity contribution in [2.45, 2.75) is 46.1 Å². The summed E-state index contributed by atoms with van der Waals surface area (Å²) in [7, 11) is -2.94. The van der Waals surface area contributed by atoms with Gasteiger partial charge in [0.05, 0.1) is 18.1 Å². The van der Waals surface area contributed by atoms with Crippen LogP contribution in [0.25, 0.3) is 0 Å². The molecule has 1 heterocycles. The Morgan fingerprint density at radius 1 is 1.21 bits per heavy atom. The van der Waals surface area contributed by atoms with Crippen molar-refractivity contribution in [1.82, 2.24) is 4.90 Å². The maximum atomic E-state index is 12.5. The molecule has 6 heteroatoms. The molecule has 1 N–H and O–H groups in total. The van der Waals surface area contributed by atoms with Gasteiger partial charge in [0.1, 0.15) is 0 Å². The van der Waals surface area contributed by atoms with E-state index in [0.717, 1.165) is 29.7 Å². The molecule has 1 fully saturated rings. The van der Waals surface area contributed by atoms with Crippen molar-refractivity contribution in [2.75, 3.05) is 29.9 Å². The number of rotatable bonds is 7. The predicted octanol–water partition coefficient (Wildman–Crippen LogP) is 2.26. The molecule has 24 heavy (non-hydrogen) atoms. The van der Waals surface area contributed by atoms with Crippen LogP contribution >= 0.6 is 0 Å². The van der Waals surface area contributed by atoms with Gasteiger partial charge in [0.15, 0.2) is 9.84 Å². The van der Waals surface area contributed by atoms with E-state index in [1.165, 1.54) is 0 Å². The number of benzene rings is 1. The summed E-state index contributed by atoms with van der Waals surface area (Å²) in [6.45, 7) is 7.02. The highest BCUT2D eigenvalue weighted by Crippen LogP contribution is 2.23. The number of carbonyl (C=O) groups is 1. The summed E-state index contributed by atoms with van der Waals surface area (Å²) in [5.41, 5.74) is 3.19. The van der Waals surface area contributed by atoms with Gasteiger partial charge in [-0.25, -0.2) is 8.42 Å². The van der Waals surface area contributed by atoms with Crippen LogP contribution in [0.15, 0.2) is 18.2 Å². The monoisotopic (exact) mass is 352 g/mol. The molecule has 1 atom stereocenters. The fourth-order valence-electron chi connectivity index (χ4n) is 3.33. The largest absolute Gasteiger partial charge is 0.324 e. The third kappa shape index (κ3) is 4.57. The Labute approximate surface area is 145 Å². The highest BCUT2D eigenvalue weighted by atomic mass is 32.2. The minimum Gasteiger partial charge on any atom is -0.324 e. The molecule has 0 bridgehead atoms. The number of hydrogen-bond donors (Lipinski definition) is 1. The maximum Gasteiger partial charge on any atom is 0.238 e. The lowest BCUT2D eigenvalue weighted by molar-refractivity contribution is -0.117. The Kier molecular flexibility index (Phi) is 6.40. The van der Waals surface area contributed by atoms with Crippen LogP contribution in [0, 0.1) is 0 Å². The third-order valence-corrected chi connectivity index (χ3v) is 6.49. The molecule has 1 aliphatic heterocycles. The molecular formula is C18H28N2O3S. The van der Waals surface area contributed by atoms with Crippen LogP contribution in [0.5, 0.6) is 0 Å². The van der Waals surface area contributed by atoms with Gasteiger partial charge in [-0.05, 0) is 36.9 Å². The van der Waals surface area contributed by atoms with Crippen molar-refractivity contribution in [2.24, 2.45) is 0 Å². The summed E-state index contributed by atoms with van der Waals surface area (Å²) < 4.78 is 23.4. The fourth-order valence-corrected chi connectivity index (χ4v) is 5.09. The molecule has 0 radical (unpaired) electrons. The third-order valence-electron chi connectivity index (χ3n) is 4.74. The van der Waals surface area contributed by atoms with Crippen molar-refractivity contribution in [3.05, 3.63) is 29.3 Å². The molecule has 1 amide bonds. The van der Waals surface area contributed by atoms with E-state index in [2.05, 4.69) is 19.2 Å². The normalized spacial score (nSPS) is 19.6. The van der Waals surface area contributed by atoms with Crippen molar-refractivity contribution < 1.29 is 13.2 Å². The Hall–Kier alpha value is -1.40. The first kappa shape index (κ1) is 18.9. The quantitative estimate of drug-likeness (QED) is 0.817. The summed E-state index contributed by atoms with van der Waals surface area (Å²) in [5, 5.41) is 3.06. The standard InChI is InChI=1S/C18H28N2O3S/c1-4-14-8-7-9-15(5-2)18(14)19-17(21)12-20(6-3)16-10-11-24(22,23)13-16/h7-9,16H,4-6,10-13H2,1-3H3,(H,19,21). The Morgan fingerprint density at radius 2 is 1.83 bits per heavy atom. The number of para-hydroxylation sites is 1. The lowest BCUT2D eigenvalue weighted by Crippen LogP contribution is -2.41. The van der Waals surface area contributed by atoms with E-state index in [4.69, 9.17) is 0 Å². The molecule has 0 aromatic heterocycles. The zero-order valence-corrected chi connectivity index (χ0v) is 15.7. The van der Waals surface area contributed by atoms with Crippen LogP contribution in [0.1, 0.15) is 38.3 Å². The highest BCUT2D eigenvalue weighted by Gasteiger charge is 2.32. The average molecular weight is 353 g/mol. The molecule has 1 unspecified atom stereocenters. The molecule has 1 aromatic rings. The topological polar surface area (TPSA) is 66.5 Å². The number of likely N-dealkylation sites (N-methyl/N-ethyl adjacent to an activating group) is 1. The van der Waals surface area contributed by atoms with Gasteiger partial charge >= 0.3 is 0 Å². The second kappa shape index (κ2) is 8.12. The SMILES string of the molecule is CCc1cccc(CC)c1NC(=O)CN(CC)C1CCS(=O)(=O)C1. The van der Waals surface area contributed by atoms with Gasteiger partial charge in [-0.15, -0.1) is 0 Å². The van der Waals surface area contributed by atoms with Crippen LogP contribution in [0.3, 0.4) is 0 Å². The van der Waals surface area contributed by atoms with E-state index < -0.39 is 9.84 Å². The minimum absolute atomic E-state index is 0.0437. The van der Waals surface area contributed by atoms with Crippen molar-refractivity contribution in [3.63, 3.8) is 0 Å². The first-order chi connectivity index (χ1) is 11.4. The predicted molar refractivity (Wildman–Crippen MR) is 98.1 cm³/mol. The number of aryl methyl sites for hydroxylation is 2. The summed E-state index contributed by atoms with van der Waals surface area (Å²) in [4.78, 5) is 14.5. The van der Waals surface area contributed by atoms with E-state index in [-0.39, 0.29) is 30.0 Å². The molecule has 1 aliphatic rings. The number of nitrogens with one attached hydrogen (secondary N) is 1. The number of hydrogen-bond acceptors (Lipinski definition) is 4. The number of anilines is 1. The summed E-state index contributed by atoms with van der Waals surface area (Å²) in [5.74, 6) is 0.325. The van der Waals surface area contributed by atoms with E-state index in [0.29, 0.717) is 13.0 Å². The van der Waals surface area contributed by atoms with E-state index in [1.54, 1.807) is 0 Å². The van der Waals surface area contributed by atoms with Crippen LogP contribution in [0.4, 0.5) is 5.69 Å². The van der Waals surface area contributed by atoms with Gasteiger partial charge < -0.3 is 5.32 Å². The van der Waals surface area contributed by atoms with Gasteiger partial charge in [0.2, 0.25) is 5.91 Å². The number of amides is 1. The molecule has 5 nitrogen and oxygen atoms in total. The summed E-state index contributed by atoms with van der Waals surface area (Å²) in [6.07, 6.45) is 2.35. The van der Waals surface area contributed by atoms with Crippen LogP contribution in [-0.2, 0) is 27.5 Å². The zero-order valence-electron chi connectivity index (χ0n) is 14.8. The molecule has 0 saturated carbocycles. The molecular weight excluding hydrogens is 324 g/mol. The second-order valence-corrected chi connectivity index (χ2v) is 8.56. The zero-order chi connectivity index (χ0) is 17.7. The maximum absolute atomic E-state index is 12.5. The smallest absolute Gasteiger partial charge is 0.238 e. The fraction of sp³-hybridized carbons (Fsp3) is 0.611. The van der Waals surface area contributed by atoms with Crippen molar-refractivity contribution in [1.29, 1.82) is 0 Å². The van der Waals surface area contributed by atoms with Gasteiger partial charge in [0.25, 0.3) is 0 Å². The first-order valence-electron chi connectivity index (χ1n) is 8.75. The van der Waals surface area contributed by atoms with Gasteiger partial charge in [0, 0.05) is 11.7 Å². The minimum atomic E-state index is -2.94. The first-order valence-corrected chi connectivity index (χ1v) is 10.6. The van der Waals surface area contributed by atoms with Gasteiger partial charge in [-0.2, -0.15) is 0 Å². The Balaban J connectivity index is 2.07. The number of carbonyl (C=O) groups excluding carboxylic acids is 1. The van der Waals surface area contributed by atoms with Gasteiger partial charge in [-0.1, -0.05) is 39.0 Å². The van der Waals surface area contributed by atoms with Crippen LogP contribution < -0.4 is 5.32 Å². The Morgan fingerprint density at radius 3 is 2.29 bits per heavy atom. The van der Waals surface area contributed by atoms with E-state index >= 15 is 0 Å². The van der Waals surface area contributed by atoms with Crippen LogP contribution in [0.2, 0.25) is 0 Å². The number of nitrogens with zero attached hydrogens (tertiary/aromatic N) is 1. The lowest BCUT2D eigenvalue weighted by Gasteiger charge is -2.26. The van der Waals surface area contributed by atoms with Crippen LogP contribution in [-0.4, -0.2) is 49.9 Å². The highest BCUT2D eigenvalue weighted by molar-refractivity contribution is 7.91. The lowest BCUT2D eigenvalue weighted by atomic mass is 10.0. The number of sulfone groups is 1. The molecule has 0 aliphatic carbocycles. The van der Waals surface area contributed by atoms with Gasteiger partial charge in [-0.3, -0.25) is 9.69 Å². The molecule has 134 valence electrons. The average Bonchev–Trinajstić information content (AvgIpc) is 2.92. The van der Waals surface area contributed by atoms with Crippen molar-refractivity contribution >= 4 is 21.4 Å². The summed E-state index contributed by atoms with van der Waals surface area (Å²) >= 11 is 0. The Bertz CT molecular complexity index is 663. The van der Waals surface area contributed by atoms with E-state index in [1.807, 2.05) is 30.0 Å². The second-order valence-electron chi connectivity index (χ2n) is 6.33. The molecule has 1 saturated heterocycles. The van der Waals surface area contributed by atoms with E-state index in [9.17, 15) is 13.2 Å². The molecule has 2 rings (SSSR count). The molecule has 0 spiro atoms. The van der Waals surface area contributed by atoms with Crippen molar-refractivity contribution in [3.8, 4) is 0 Å².